The molecule has 0 aliphatic carbocycles. The van der Waals surface area contributed by atoms with Gasteiger partial charge >= 0.3 is 12.0 Å². The van der Waals surface area contributed by atoms with Crippen LogP contribution in [0.2, 0.25) is 10.0 Å². The summed E-state index contributed by atoms with van der Waals surface area (Å²) in [6, 6.07) is 20.9. The zero-order valence-corrected chi connectivity index (χ0v) is 19.1. The van der Waals surface area contributed by atoms with Crippen molar-refractivity contribution in [1.29, 1.82) is 0 Å². The van der Waals surface area contributed by atoms with Gasteiger partial charge in [0.1, 0.15) is 5.75 Å². The van der Waals surface area contributed by atoms with Crippen molar-refractivity contribution in [2.75, 3.05) is 11.4 Å². The lowest BCUT2D eigenvalue weighted by Crippen LogP contribution is -2.59. The zero-order valence-electron chi connectivity index (χ0n) is 17.6. The number of nitrogens with one attached hydrogen (secondary N) is 1. The zero-order chi connectivity index (χ0) is 23.4. The molecule has 33 heavy (non-hydrogen) atoms. The quantitative estimate of drug-likeness (QED) is 0.429. The normalized spacial score (nSPS) is 18.0. The Bertz CT molecular complexity index is 1160. The molecule has 1 saturated heterocycles. The number of carboxylic acid groups (broad SMARTS) is 1. The fourth-order valence-electron chi connectivity index (χ4n) is 4.05. The van der Waals surface area contributed by atoms with Gasteiger partial charge < -0.3 is 15.2 Å². The highest BCUT2D eigenvalue weighted by Gasteiger charge is 2.39. The van der Waals surface area contributed by atoms with E-state index < -0.39 is 12.0 Å². The Labute approximate surface area is 201 Å². The Morgan fingerprint density at radius 3 is 2.52 bits per heavy atom. The highest BCUT2D eigenvalue weighted by atomic mass is 35.5. The fourth-order valence-corrected chi connectivity index (χ4v) is 4.54. The molecule has 2 unspecified atom stereocenters. The maximum absolute atomic E-state index is 13.1. The van der Waals surface area contributed by atoms with Gasteiger partial charge in [0.15, 0.2) is 5.75 Å². The van der Waals surface area contributed by atoms with E-state index in [0.717, 1.165) is 5.56 Å². The van der Waals surface area contributed by atoms with E-state index in [2.05, 4.69) is 5.32 Å². The molecule has 2 atom stereocenters. The number of benzene rings is 3. The molecule has 170 valence electrons. The lowest BCUT2D eigenvalue weighted by Gasteiger charge is -2.41. The van der Waals surface area contributed by atoms with Crippen LogP contribution in [0.25, 0.3) is 0 Å². The molecular weight excluding hydrogens is 463 g/mol. The summed E-state index contributed by atoms with van der Waals surface area (Å²) < 4.78 is 6.08. The molecule has 2 N–H and O–H groups in total. The van der Waals surface area contributed by atoms with Gasteiger partial charge in [-0.25, -0.2) is 4.79 Å². The number of hydrogen-bond donors (Lipinski definition) is 2. The predicted molar refractivity (Wildman–Crippen MR) is 129 cm³/mol. The molecule has 8 heteroatoms. The molecule has 0 spiro atoms. The average Bonchev–Trinajstić information content (AvgIpc) is 2.79. The molecular formula is C25H22Cl2N2O4. The van der Waals surface area contributed by atoms with Crippen LogP contribution < -0.4 is 15.0 Å². The van der Waals surface area contributed by atoms with Crippen molar-refractivity contribution in [3.8, 4) is 11.5 Å². The third-order valence-corrected chi connectivity index (χ3v) is 6.17. The first-order valence-corrected chi connectivity index (χ1v) is 11.2. The average molecular weight is 485 g/mol. The Kier molecular flexibility index (Phi) is 7.06. The number of hydrogen-bond acceptors (Lipinski definition) is 3. The molecule has 3 aromatic rings. The van der Waals surface area contributed by atoms with Crippen molar-refractivity contribution in [1.82, 2.24) is 5.32 Å². The molecule has 0 aromatic heterocycles. The van der Waals surface area contributed by atoms with Crippen molar-refractivity contribution in [3.05, 3.63) is 88.4 Å². The minimum absolute atomic E-state index is 0.103. The molecule has 1 aliphatic rings. The first-order valence-electron chi connectivity index (χ1n) is 10.5. The second kappa shape index (κ2) is 10.1. The number of amides is 2. The number of carbonyl (C=O) groups excluding carboxylic acids is 1. The Morgan fingerprint density at radius 2 is 1.79 bits per heavy atom. The summed E-state index contributed by atoms with van der Waals surface area (Å²) in [5.74, 6) is -0.169. The van der Waals surface area contributed by atoms with E-state index in [4.69, 9.17) is 27.9 Å². The van der Waals surface area contributed by atoms with Crippen molar-refractivity contribution < 1.29 is 19.4 Å². The first kappa shape index (κ1) is 23.0. The number of ether oxygens (including phenoxy) is 1. The Morgan fingerprint density at radius 1 is 1.06 bits per heavy atom. The monoisotopic (exact) mass is 484 g/mol. The fraction of sp³-hybridized carbons (Fsp3) is 0.200. The molecule has 2 amide bonds. The van der Waals surface area contributed by atoms with Crippen molar-refractivity contribution >= 4 is 40.9 Å². The Balaban J connectivity index is 1.75. The molecule has 3 aromatic carbocycles. The molecule has 1 heterocycles. The van der Waals surface area contributed by atoms with Crippen LogP contribution in [-0.2, 0) is 11.2 Å². The highest BCUT2D eigenvalue weighted by molar-refractivity contribution is 6.35. The minimum Gasteiger partial charge on any atom is -0.481 e. The summed E-state index contributed by atoms with van der Waals surface area (Å²) in [6.07, 6.45) is 0.259. The van der Waals surface area contributed by atoms with E-state index in [0.29, 0.717) is 33.7 Å². The highest BCUT2D eigenvalue weighted by Crippen LogP contribution is 2.38. The van der Waals surface area contributed by atoms with E-state index >= 15 is 0 Å². The lowest BCUT2D eigenvalue weighted by atomic mass is 9.87. The van der Waals surface area contributed by atoms with Crippen molar-refractivity contribution in [2.24, 2.45) is 5.92 Å². The topological polar surface area (TPSA) is 78.9 Å². The molecule has 1 aliphatic heterocycles. The Hall–Kier alpha value is -3.22. The van der Waals surface area contributed by atoms with Crippen molar-refractivity contribution in [3.63, 3.8) is 0 Å². The van der Waals surface area contributed by atoms with Gasteiger partial charge in [0.2, 0.25) is 0 Å². The van der Waals surface area contributed by atoms with E-state index in [1.165, 1.54) is 0 Å². The third kappa shape index (κ3) is 5.41. The van der Waals surface area contributed by atoms with E-state index in [-0.39, 0.29) is 24.9 Å². The van der Waals surface area contributed by atoms with Gasteiger partial charge in [0, 0.05) is 28.5 Å². The molecule has 0 radical (unpaired) electrons. The maximum atomic E-state index is 13.1. The number of rotatable bonds is 7. The number of nitrogens with zero attached hydrogens (tertiary/aromatic N) is 1. The summed E-state index contributed by atoms with van der Waals surface area (Å²) in [6.45, 7) is 0.249. The summed E-state index contributed by atoms with van der Waals surface area (Å²) >= 11 is 12.5. The van der Waals surface area contributed by atoms with Crippen LogP contribution in [0.3, 0.4) is 0 Å². The number of para-hydroxylation sites is 3. The SMILES string of the molecule is O=C(O)CC1CNC(=O)N(c2ccccc2Oc2ccccc2)C1Cc1ccc(Cl)cc1Cl. The van der Waals surface area contributed by atoms with Crippen LogP contribution in [-0.4, -0.2) is 29.7 Å². The van der Waals surface area contributed by atoms with Crippen molar-refractivity contribution in [2.45, 2.75) is 18.9 Å². The summed E-state index contributed by atoms with van der Waals surface area (Å²) in [5.41, 5.74) is 1.33. The summed E-state index contributed by atoms with van der Waals surface area (Å²) in [4.78, 5) is 26.3. The first-order chi connectivity index (χ1) is 15.9. The number of aliphatic carboxylic acids is 1. The third-order valence-electron chi connectivity index (χ3n) is 5.59. The van der Waals surface area contributed by atoms with E-state index in [9.17, 15) is 14.7 Å². The number of carbonyl (C=O) groups is 2. The van der Waals surface area contributed by atoms with Gasteiger partial charge in [-0.2, -0.15) is 0 Å². The second-order valence-corrected chi connectivity index (χ2v) is 8.65. The van der Waals surface area contributed by atoms with Gasteiger partial charge in [0.25, 0.3) is 0 Å². The lowest BCUT2D eigenvalue weighted by molar-refractivity contribution is -0.138. The number of urea groups is 1. The standard InChI is InChI=1S/C25H22Cl2N2O4/c26-18-11-10-16(20(27)14-18)12-22-17(13-24(30)31)15-28-25(32)29(22)21-8-4-5-9-23(21)33-19-6-2-1-3-7-19/h1-11,14,17,22H,12-13,15H2,(H,28,32)(H,30,31). The number of anilines is 1. The molecule has 1 fully saturated rings. The number of halogens is 2. The summed E-state index contributed by atoms with van der Waals surface area (Å²) in [7, 11) is 0. The summed E-state index contributed by atoms with van der Waals surface area (Å²) in [5, 5.41) is 13.3. The minimum atomic E-state index is -0.933. The van der Waals surface area contributed by atoms with Gasteiger partial charge in [-0.15, -0.1) is 0 Å². The second-order valence-electron chi connectivity index (χ2n) is 7.80. The molecule has 0 bridgehead atoms. The van der Waals surface area contributed by atoms with E-state index in [1.807, 2.05) is 42.5 Å². The smallest absolute Gasteiger partial charge is 0.322 e. The maximum Gasteiger partial charge on any atom is 0.322 e. The number of carboxylic acids is 1. The van der Waals surface area contributed by atoms with Crippen LogP contribution >= 0.6 is 23.2 Å². The molecule has 6 nitrogen and oxygen atoms in total. The molecule has 0 saturated carbocycles. The van der Waals surface area contributed by atoms with E-state index in [1.54, 1.807) is 35.2 Å². The molecule has 4 rings (SSSR count). The van der Waals surface area contributed by atoms with Crippen LogP contribution in [0, 0.1) is 5.92 Å². The van der Waals surface area contributed by atoms with Crippen LogP contribution in [0.5, 0.6) is 11.5 Å². The van der Waals surface area contributed by atoms with Crippen LogP contribution in [0.1, 0.15) is 12.0 Å². The van der Waals surface area contributed by atoms with Gasteiger partial charge in [-0.05, 0) is 48.4 Å². The van der Waals surface area contributed by atoms with Gasteiger partial charge in [-0.1, -0.05) is 59.6 Å². The predicted octanol–water partition coefficient (Wildman–Crippen LogP) is 6.02. The largest absolute Gasteiger partial charge is 0.481 e. The van der Waals surface area contributed by atoms with Crippen LogP contribution in [0.4, 0.5) is 10.5 Å². The van der Waals surface area contributed by atoms with Gasteiger partial charge in [-0.3, -0.25) is 9.69 Å². The van der Waals surface area contributed by atoms with Gasteiger partial charge in [0.05, 0.1) is 12.1 Å². The van der Waals surface area contributed by atoms with Crippen LogP contribution in [0.15, 0.2) is 72.8 Å².